The van der Waals surface area contributed by atoms with E-state index in [9.17, 15) is 4.21 Å². The van der Waals surface area contributed by atoms with Crippen molar-refractivity contribution >= 4 is 27.3 Å². The van der Waals surface area contributed by atoms with Gasteiger partial charge in [0.1, 0.15) is 11.0 Å². The van der Waals surface area contributed by atoms with Gasteiger partial charge in [-0.1, -0.05) is 60.2 Å². The van der Waals surface area contributed by atoms with Gasteiger partial charge in [-0.2, -0.15) is 0 Å². The van der Waals surface area contributed by atoms with Crippen molar-refractivity contribution < 1.29 is 4.21 Å². The molecule has 31 heavy (non-hydrogen) atoms. The fourth-order valence-corrected chi connectivity index (χ4v) is 5.71. The highest BCUT2D eigenvalue weighted by molar-refractivity contribution is 7.83. The van der Waals surface area contributed by atoms with Crippen molar-refractivity contribution in [1.82, 2.24) is 15.0 Å². The van der Waals surface area contributed by atoms with Gasteiger partial charge in [-0.15, -0.1) is 0 Å². The minimum atomic E-state index is -1.24. The third kappa shape index (κ3) is 4.54. The monoisotopic (exact) mass is 429 g/mol. The van der Waals surface area contributed by atoms with Crippen LogP contribution in [0.15, 0.2) is 89.6 Å². The Bertz CT molecular complexity index is 1150. The minimum Gasteiger partial charge on any atom is -0.306 e. The second-order valence-corrected chi connectivity index (χ2v) is 9.53. The van der Waals surface area contributed by atoms with Gasteiger partial charge in [0, 0.05) is 41.8 Å². The van der Waals surface area contributed by atoms with Gasteiger partial charge < -0.3 is 5.32 Å². The van der Waals surface area contributed by atoms with E-state index in [4.69, 9.17) is 0 Å². The molecule has 1 aliphatic carbocycles. The zero-order valence-electron chi connectivity index (χ0n) is 17.5. The van der Waals surface area contributed by atoms with Crippen LogP contribution < -0.4 is 10.0 Å². The van der Waals surface area contributed by atoms with Gasteiger partial charge in [-0.05, 0) is 49.0 Å². The van der Waals surface area contributed by atoms with Crippen LogP contribution in [0.4, 0.5) is 0 Å². The summed E-state index contributed by atoms with van der Waals surface area (Å²) in [6, 6.07) is 19.2. The lowest BCUT2D eigenvalue weighted by Crippen LogP contribution is -2.38. The topological polar surface area (TPSA) is 54.0 Å². The normalized spacial score (nSPS) is 22.2. The van der Waals surface area contributed by atoms with Gasteiger partial charge in [-0.25, -0.2) is 8.93 Å². The van der Waals surface area contributed by atoms with E-state index in [1.54, 1.807) is 6.20 Å². The highest BCUT2D eigenvalue weighted by Crippen LogP contribution is 2.31. The van der Waals surface area contributed by atoms with Crippen molar-refractivity contribution in [2.24, 2.45) is 0 Å². The average Bonchev–Trinajstić information content (AvgIpc) is 3.32. The van der Waals surface area contributed by atoms with Crippen molar-refractivity contribution in [3.63, 3.8) is 0 Å². The number of allylic oxidation sites excluding steroid dienone is 3. The second-order valence-electron chi connectivity index (χ2n) is 8.26. The third-order valence-corrected chi connectivity index (χ3v) is 7.50. The highest BCUT2D eigenvalue weighted by atomic mass is 32.2. The van der Waals surface area contributed by atoms with E-state index in [-0.39, 0.29) is 0 Å². The molecule has 3 atom stereocenters. The largest absolute Gasteiger partial charge is 0.306 e. The van der Waals surface area contributed by atoms with E-state index in [0.717, 1.165) is 41.4 Å². The quantitative estimate of drug-likeness (QED) is 0.593. The summed E-state index contributed by atoms with van der Waals surface area (Å²) in [5, 5.41) is 5.76. The molecule has 2 N–H and O–H groups in total. The lowest BCUT2D eigenvalue weighted by molar-refractivity contribution is 0.554. The summed E-state index contributed by atoms with van der Waals surface area (Å²) in [4.78, 5) is 4.98. The molecule has 3 aromatic rings. The van der Waals surface area contributed by atoms with Gasteiger partial charge in [-0.3, -0.25) is 4.98 Å². The van der Waals surface area contributed by atoms with E-state index in [1.165, 1.54) is 16.7 Å². The van der Waals surface area contributed by atoms with Crippen LogP contribution in [0.5, 0.6) is 0 Å². The number of aromatic nitrogens is 1. The molecule has 2 aromatic carbocycles. The molecule has 1 aromatic heterocycles. The zero-order chi connectivity index (χ0) is 21.0. The number of fused-ring (bicyclic) bond motifs is 1. The van der Waals surface area contributed by atoms with E-state index < -0.39 is 11.0 Å². The molecule has 5 rings (SSSR count). The highest BCUT2D eigenvalue weighted by Gasteiger charge is 2.27. The lowest BCUT2D eigenvalue weighted by Gasteiger charge is -2.21. The maximum atomic E-state index is 12.9. The summed E-state index contributed by atoms with van der Waals surface area (Å²) >= 11 is 0. The molecule has 1 fully saturated rings. The maximum absolute atomic E-state index is 12.9. The van der Waals surface area contributed by atoms with Crippen molar-refractivity contribution in [2.75, 3.05) is 6.54 Å². The van der Waals surface area contributed by atoms with E-state index >= 15 is 0 Å². The van der Waals surface area contributed by atoms with Crippen LogP contribution in [0.2, 0.25) is 0 Å². The Morgan fingerprint density at radius 3 is 2.74 bits per heavy atom. The van der Waals surface area contributed by atoms with Crippen LogP contribution >= 0.6 is 0 Å². The molecular weight excluding hydrogens is 402 g/mol. The van der Waals surface area contributed by atoms with E-state index in [2.05, 4.69) is 57.5 Å². The SMILES string of the molecule is O=S(NCC1CCC(C2=CC=C(c3ccccc3)CC2)N1)c1cccc2cnccc12. The number of nitrogens with one attached hydrogen (secondary N) is 2. The summed E-state index contributed by atoms with van der Waals surface area (Å²) in [7, 11) is -1.24. The van der Waals surface area contributed by atoms with E-state index in [0.29, 0.717) is 18.6 Å². The van der Waals surface area contributed by atoms with Crippen LogP contribution in [0.25, 0.3) is 16.3 Å². The van der Waals surface area contributed by atoms with Gasteiger partial charge in [0.2, 0.25) is 0 Å². The first-order valence-electron chi connectivity index (χ1n) is 11.0. The molecule has 3 unspecified atom stereocenters. The Hall–Kier alpha value is -2.60. The molecule has 0 radical (unpaired) electrons. The van der Waals surface area contributed by atoms with Crippen molar-refractivity contribution in [2.45, 2.75) is 42.7 Å². The summed E-state index contributed by atoms with van der Waals surface area (Å²) < 4.78 is 16.1. The molecule has 4 nitrogen and oxygen atoms in total. The first-order valence-corrected chi connectivity index (χ1v) is 12.1. The Labute approximate surface area is 186 Å². The fraction of sp³-hybridized carbons (Fsp3) is 0.269. The minimum absolute atomic E-state index is 0.339. The van der Waals surface area contributed by atoms with Crippen LogP contribution in [0.3, 0.4) is 0 Å². The predicted octanol–water partition coefficient (Wildman–Crippen LogP) is 4.77. The Kier molecular flexibility index (Phi) is 6.07. The second kappa shape index (κ2) is 9.27. The Morgan fingerprint density at radius 2 is 1.90 bits per heavy atom. The average molecular weight is 430 g/mol. The first kappa shape index (κ1) is 20.3. The molecule has 0 bridgehead atoms. The lowest BCUT2D eigenvalue weighted by atomic mass is 9.89. The van der Waals surface area contributed by atoms with Gasteiger partial charge in [0.05, 0.1) is 4.90 Å². The number of nitrogens with zero attached hydrogens (tertiary/aromatic N) is 1. The fourth-order valence-electron chi connectivity index (χ4n) is 4.62. The predicted molar refractivity (Wildman–Crippen MR) is 128 cm³/mol. The summed E-state index contributed by atoms with van der Waals surface area (Å²) in [5.41, 5.74) is 4.23. The van der Waals surface area contributed by atoms with Gasteiger partial charge in [0.25, 0.3) is 0 Å². The maximum Gasteiger partial charge on any atom is 0.125 e. The van der Waals surface area contributed by atoms with Crippen LogP contribution in [0.1, 0.15) is 31.2 Å². The molecule has 0 amide bonds. The molecule has 158 valence electrons. The summed E-state index contributed by atoms with van der Waals surface area (Å²) in [6.07, 6.45) is 12.6. The van der Waals surface area contributed by atoms with E-state index in [1.807, 2.05) is 30.5 Å². The van der Waals surface area contributed by atoms with Crippen LogP contribution in [0, 0.1) is 0 Å². The summed E-state index contributed by atoms with van der Waals surface area (Å²) in [6.45, 7) is 0.697. The van der Waals surface area contributed by atoms with Gasteiger partial charge >= 0.3 is 0 Å². The zero-order valence-corrected chi connectivity index (χ0v) is 18.3. The first-order chi connectivity index (χ1) is 15.3. The van der Waals surface area contributed by atoms with Crippen LogP contribution in [-0.4, -0.2) is 27.8 Å². The molecule has 2 aliphatic rings. The number of hydrogen-bond acceptors (Lipinski definition) is 3. The third-order valence-electron chi connectivity index (χ3n) is 6.32. The number of hydrogen-bond donors (Lipinski definition) is 2. The number of benzene rings is 2. The molecule has 0 saturated carbocycles. The molecular formula is C26H27N3OS. The molecule has 5 heteroatoms. The molecule has 0 spiro atoms. The Morgan fingerprint density at radius 1 is 1.00 bits per heavy atom. The molecule has 1 aliphatic heterocycles. The Balaban J connectivity index is 1.18. The summed E-state index contributed by atoms with van der Waals surface area (Å²) in [5.74, 6) is 0. The number of pyridine rings is 1. The van der Waals surface area contributed by atoms with Crippen molar-refractivity contribution in [3.05, 3.63) is 90.3 Å². The molecule has 1 saturated heterocycles. The van der Waals surface area contributed by atoms with Gasteiger partial charge in [0.15, 0.2) is 0 Å². The standard InChI is InChI=1S/C26H27N3OS/c30-31(26-8-4-7-22-17-27-16-15-24(22)26)28-18-23-13-14-25(29-23)21-11-9-20(10-12-21)19-5-2-1-3-6-19/h1-9,11,15-17,23,25,28-29H,10,12-14,18H2. The van der Waals surface area contributed by atoms with Crippen molar-refractivity contribution in [1.29, 1.82) is 0 Å². The molecule has 2 heterocycles. The van der Waals surface area contributed by atoms with Crippen molar-refractivity contribution in [3.8, 4) is 0 Å². The van der Waals surface area contributed by atoms with Crippen LogP contribution in [-0.2, 0) is 11.0 Å². The number of rotatable bonds is 6. The smallest absolute Gasteiger partial charge is 0.125 e.